The van der Waals surface area contributed by atoms with Crippen molar-refractivity contribution in [1.29, 1.82) is 0 Å². The molecule has 104 valence electrons. The highest BCUT2D eigenvalue weighted by molar-refractivity contribution is 5.59. The van der Waals surface area contributed by atoms with Crippen LogP contribution in [0.3, 0.4) is 0 Å². The molecule has 1 heterocycles. The van der Waals surface area contributed by atoms with Crippen LogP contribution in [-0.4, -0.2) is 37.3 Å². The molecular weight excluding hydrogens is 248 g/mol. The molecule has 1 aromatic carbocycles. The maximum Gasteiger partial charge on any atom is 0.311 e. The predicted molar refractivity (Wildman–Crippen MR) is 71.9 cm³/mol. The molecule has 1 aromatic rings. The Bertz CT molecular complexity index is 468. The van der Waals surface area contributed by atoms with Crippen molar-refractivity contribution in [2.24, 2.45) is 0 Å². The molecule has 2 rings (SSSR count). The molecule has 0 radical (unpaired) electrons. The summed E-state index contributed by atoms with van der Waals surface area (Å²) in [6, 6.07) is 4.95. The fourth-order valence-electron chi connectivity index (χ4n) is 2.40. The predicted octanol–water partition coefficient (Wildman–Crippen LogP) is 2.22. The fourth-order valence-corrected chi connectivity index (χ4v) is 2.40. The first-order valence-electron chi connectivity index (χ1n) is 6.24. The van der Waals surface area contributed by atoms with Crippen LogP contribution in [0.5, 0.6) is 5.75 Å². The number of ether oxygens (including phenoxy) is 2. The van der Waals surface area contributed by atoms with E-state index in [4.69, 9.17) is 9.47 Å². The van der Waals surface area contributed by atoms with Gasteiger partial charge in [0.1, 0.15) is 0 Å². The number of nitrogens with zero attached hydrogens (tertiary/aromatic N) is 2. The Morgan fingerprint density at radius 3 is 2.53 bits per heavy atom. The van der Waals surface area contributed by atoms with Crippen molar-refractivity contribution in [2.45, 2.75) is 26.1 Å². The number of hydrogen-bond acceptors (Lipinski definition) is 5. The molecule has 0 N–H and O–H groups in total. The smallest absolute Gasteiger partial charge is 0.311 e. The van der Waals surface area contributed by atoms with Crippen molar-refractivity contribution in [1.82, 2.24) is 0 Å². The molecule has 2 atom stereocenters. The highest BCUT2D eigenvalue weighted by Crippen LogP contribution is 2.32. The summed E-state index contributed by atoms with van der Waals surface area (Å²) in [7, 11) is 1.44. The average Bonchev–Trinajstić information content (AvgIpc) is 2.36. The van der Waals surface area contributed by atoms with E-state index in [9.17, 15) is 10.1 Å². The molecule has 0 aliphatic carbocycles. The summed E-state index contributed by atoms with van der Waals surface area (Å²) in [5, 5.41) is 10.9. The first-order chi connectivity index (χ1) is 9.01. The van der Waals surface area contributed by atoms with Crippen molar-refractivity contribution in [3.05, 3.63) is 28.3 Å². The highest BCUT2D eigenvalue weighted by atomic mass is 16.6. The molecule has 0 saturated carbocycles. The Morgan fingerprint density at radius 2 is 2.00 bits per heavy atom. The topological polar surface area (TPSA) is 64.8 Å². The molecule has 1 aliphatic heterocycles. The van der Waals surface area contributed by atoms with Gasteiger partial charge in [-0.1, -0.05) is 0 Å². The Balaban J connectivity index is 2.27. The van der Waals surface area contributed by atoms with Gasteiger partial charge in [-0.05, 0) is 19.9 Å². The lowest BCUT2D eigenvalue weighted by Crippen LogP contribution is -2.45. The maximum atomic E-state index is 10.9. The zero-order chi connectivity index (χ0) is 14.0. The number of benzene rings is 1. The van der Waals surface area contributed by atoms with Gasteiger partial charge in [-0.3, -0.25) is 10.1 Å². The Labute approximate surface area is 112 Å². The van der Waals surface area contributed by atoms with Gasteiger partial charge in [-0.25, -0.2) is 0 Å². The van der Waals surface area contributed by atoms with Gasteiger partial charge in [0.05, 0.1) is 24.2 Å². The van der Waals surface area contributed by atoms with E-state index in [0.717, 1.165) is 18.8 Å². The largest absolute Gasteiger partial charge is 0.490 e. The van der Waals surface area contributed by atoms with Gasteiger partial charge in [-0.2, -0.15) is 0 Å². The molecule has 19 heavy (non-hydrogen) atoms. The molecular formula is C13H18N2O4. The molecule has 0 amide bonds. The summed E-state index contributed by atoms with van der Waals surface area (Å²) in [6.45, 7) is 5.58. The minimum Gasteiger partial charge on any atom is -0.490 e. The number of methoxy groups -OCH3 is 1. The summed E-state index contributed by atoms with van der Waals surface area (Å²) in [4.78, 5) is 12.6. The van der Waals surface area contributed by atoms with Crippen molar-refractivity contribution < 1.29 is 14.4 Å². The molecule has 1 saturated heterocycles. The van der Waals surface area contributed by atoms with Gasteiger partial charge in [0.15, 0.2) is 5.75 Å². The second-order valence-corrected chi connectivity index (χ2v) is 4.78. The highest BCUT2D eigenvalue weighted by Gasteiger charge is 2.24. The number of nitro groups is 1. The molecule has 1 aliphatic rings. The van der Waals surface area contributed by atoms with Crippen LogP contribution in [0.1, 0.15) is 13.8 Å². The summed E-state index contributed by atoms with van der Waals surface area (Å²) in [6.07, 6.45) is 0.287. The van der Waals surface area contributed by atoms with E-state index >= 15 is 0 Å². The zero-order valence-electron chi connectivity index (χ0n) is 11.3. The molecule has 1 fully saturated rings. The Kier molecular flexibility index (Phi) is 3.90. The van der Waals surface area contributed by atoms with E-state index in [1.165, 1.54) is 13.2 Å². The summed E-state index contributed by atoms with van der Waals surface area (Å²) >= 11 is 0. The molecule has 6 nitrogen and oxygen atoms in total. The van der Waals surface area contributed by atoms with Crippen LogP contribution in [0.4, 0.5) is 11.4 Å². The molecule has 2 unspecified atom stereocenters. The van der Waals surface area contributed by atoms with Crippen LogP contribution in [0.15, 0.2) is 18.2 Å². The molecule has 0 bridgehead atoms. The third-order valence-corrected chi connectivity index (χ3v) is 3.14. The number of anilines is 1. The minimum absolute atomic E-state index is 0.0133. The quantitative estimate of drug-likeness (QED) is 0.620. The number of nitro benzene ring substituents is 1. The SMILES string of the molecule is COc1cc(N2CC(C)OC(C)C2)ccc1[N+](=O)[O-]. The third kappa shape index (κ3) is 2.96. The van der Waals surface area contributed by atoms with Crippen LogP contribution in [-0.2, 0) is 4.74 Å². The van der Waals surface area contributed by atoms with Gasteiger partial charge in [0, 0.05) is 30.9 Å². The van der Waals surface area contributed by atoms with Gasteiger partial charge in [0.2, 0.25) is 0 Å². The standard InChI is InChI=1S/C13H18N2O4/c1-9-7-14(8-10(2)19-9)11-4-5-12(15(16)17)13(6-11)18-3/h4-6,9-10H,7-8H2,1-3H3. The van der Waals surface area contributed by atoms with Crippen LogP contribution in [0.2, 0.25) is 0 Å². The lowest BCUT2D eigenvalue weighted by Gasteiger charge is -2.36. The average molecular weight is 266 g/mol. The van der Waals surface area contributed by atoms with Crippen LogP contribution >= 0.6 is 0 Å². The lowest BCUT2D eigenvalue weighted by molar-refractivity contribution is -0.385. The zero-order valence-corrected chi connectivity index (χ0v) is 11.3. The minimum atomic E-state index is -0.437. The summed E-state index contributed by atoms with van der Waals surface area (Å²) < 4.78 is 10.8. The van der Waals surface area contributed by atoms with E-state index in [1.807, 2.05) is 13.8 Å². The monoisotopic (exact) mass is 266 g/mol. The number of rotatable bonds is 3. The van der Waals surface area contributed by atoms with Crippen LogP contribution < -0.4 is 9.64 Å². The Hall–Kier alpha value is -1.82. The lowest BCUT2D eigenvalue weighted by atomic mass is 10.2. The van der Waals surface area contributed by atoms with E-state index in [2.05, 4.69) is 4.90 Å². The van der Waals surface area contributed by atoms with E-state index in [0.29, 0.717) is 0 Å². The van der Waals surface area contributed by atoms with E-state index in [1.54, 1.807) is 12.1 Å². The van der Waals surface area contributed by atoms with E-state index in [-0.39, 0.29) is 23.6 Å². The van der Waals surface area contributed by atoms with Crippen LogP contribution in [0.25, 0.3) is 0 Å². The second-order valence-electron chi connectivity index (χ2n) is 4.78. The number of hydrogen-bond donors (Lipinski definition) is 0. The Morgan fingerprint density at radius 1 is 1.37 bits per heavy atom. The first-order valence-corrected chi connectivity index (χ1v) is 6.24. The van der Waals surface area contributed by atoms with Crippen molar-refractivity contribution in [2.75, 3.05) is 25.1 Å². The number of morpholine rings is 1. The van der Waals surface area contributed by atoms with Gasteiger partial charge in [-0.15, -0.1) is 0 Å². The fraction of sp³-hybridized carbons (Fsp3) is 0.538. The first kappa shape index (κ1) is 13.6. The molecule has 0 spiro atoms. The summed E-state index contributed by atoms with van der Waals surface area (Å²) in [5.41, 5.74) is 0.907. The van der Waals surface area contributed by atoms with Crippen molar-refractivity contribution >= 4 is 11.4 Å². The van der Waals surface area contributed by atoms with Gasteiger partial charge in [0.25, 0.3) is 0 Å². The maximum absolute atomic E-state index is 10.9. The van der Waals surface area contributed by atoms with Crippen LogP contribution in [0, 0.1) is 10.1 Å². The van der Waals surface area contributed by atoms with Crippen molar-refractivity contribution in [3.63, 3.8) is 0 Å². The van der Waals surface area contributed by atoms with Gasteiger partial charge >= 0.3 is 5.69 Å². The third-order valence-electron chi connectivity index (χ3n) is 3.14. The van der Waals surface area contributed by atoms with Gasteiger partial charge < -0.3 is 14.4 Å². The molecule has 0 aromatic heterocycles. The second kappa shape index (κ2) is 5.44. The summed E-state index contributed by atoms with van der Waals surface area (Å²) in [5.74, 6) is 0.286. The molecule has 6 heteroatoms. The van der Waals surface area contributed by atoms with Crippen molar-refractivity contribution in [3.8, 4) is 5.75 Å². The normalized spacial score (nSPS) is 23.2. The van der Waals surface area contributed by atoms with E-state index < -0.39 is 4.92 Å².